The van der Waals surface area contributed by atoms with Crippen LogP contribution >= 0.6 is 0 Å². The van der Waals surface area contributed by atoms with Crippen LogP contribution in [0.5, 0.6) is 0 Å². The van der Waals surface area contributed by atoms with Crippen molar-refractivity contribution in [3.63, 3.8) is 0 Å². The van der Waals surface area contributed by atoms with Crippen molar-refractivity contribution in [2.75, 3.05) is 13.1 Å². The molecule has 0 bridgehead atoms. The summed E-state index contributed by atoms with van der Waals surface area (Å²) in [5, 5.41) is 0. The van der Waals surface area contributed by atoms with E-state index in [1.54, 1.807) is 6.07 Å². The van der Waals surface area contributed by atoms with Gasteiger partial charge in [-0.1, -0.05) is 0 Å². The van der Waals surface area contributed by atoms with Gasteiger partial charge in [0.25, 0.3) is 11.8 Å². The number of hydrazine groups is 1. The van der Waals surface area contributed by atoms with Crippen molar-refractivity contribution >= 4 is 21.8 Å². The fourth-order valence-electron chi connectivity index (χ4n) is 2.66. The molecule has 10 heteroatoms. The molecule has 2 aromatic rings. The van der Waals surface area contributed by atoms with Crippen LogP contribution in [0.15, 0.2) is 47.6 Å². The second kappa shape index (κ2) is 7.80. The molecule has 1 fully saturated rings. The normalized spacial score (nSPS) is 14.7. The van der Waals surface area contributed by atoms with Crippen LogP contribution in [0, 0.1) is 5.82 Å². The van der Waals surface area contributed by atoms with Crippen LogP contribution in [0.2, 0.25) is 0 Å². The number of pyridine rings is 1. The van der Waals surface area contributed by atoms with Crippen LogP contribution < -0.4 is 10.9 Å². The molecule has 0 spiro atoms. The largest absolute Gasteiger partial charge is 0.271 e. The number of carbonyl (C=O) groups is 2. The summed E-state index contributed by atoms with van der Waals surface area (Å²) >= 11 is 0. The quantitative estimate of drug-likeness (QED) is 0.757. The summed E-state index contributed by atoms with van der Waals surface area (Å²) in [7, 11) is -4.02. The molecule has 1 aromatic carbocycles. The Balaban J connectivity index is 1.75. The molecule has 2 N–H and O–H groups in total. The van der Waals surface area contributed by atoms with Crippen molar-refractivity contribution in [3.05, 3.63) is 59.7 Å². The highest BCUT2D eigenvalue weighted by atomic mass is 32.2. The van der Waals surface area contributed by atoms with Crippen LogP contribution in [0.25, 0.3) is 0 Å². The number of amides is 2. The average Bonchev–Trinajstić information content (AvgIpc) is 3.22. The molecule has 142 valence electrons. The smallest absolute Gasteiger partial charge is 0.267 e. The molecule has 3 rings (SSSR count). The number of hydrogen-bond acceptors (Lipinski definition) is 5. The van der Waals surface area contributed by atoms with Gasteiger partial charge in [0.1, 0.15) is 10.7 Å². The van der Waals surface area contributed by atoms with Crippen molar-refractivity contribution in [1.29, 1.82) is 0 Å². The number of carbonyl (C=O) groups excluding carboxylic acids is 2. The maximum Gasteiger partial charge on any atom is 0.271 e. The molecule has 1 saturated heterocycles. The molecular formula is C17H17FN4O4S. The van der Waals surface area contributed by atoms with Crippen molar-refractivity contribution in [2.24, 2.45) is 0 Å². The highest BCUT2D eigenvalue weighted by Gasteiger charge is 2.30. The Kier molecular flexibility index (Phi) is 5.47. The molecule has 0 unspecified atom stereocenters. The molecule has 0 saturated carbocycles. The van der Waals surface area contributed by atoms with Gasteiger partial charge in [-0.15, -0.1) is 0 Å². The van der Waals surface area contributed by atoms with E-state index in [2.05, 4.69) is 15.8 Å². The zero-order valence-corrected chi connectivity index (χ0v) is 15.0. The minimum atomic E-state index is -4.02. The fraction of sp³-hybridized carbons (Fsp3) is 0.235. The first kappa shape index (κ1) is 18.9. The van der Waals surface area contributed by atoms with Gasteiger partial charge in [-0.3, -0.25) is 25.4 Å². The van der Waals surface area contributed by atoms with Crippen molar-refractivity contribution in [3.8, 4) is 0 Å². The van der Waals surface area contributed by atoms with E-state index in [0.29, 0.717) is 25.9 Å². The zero-order valence-electron chi connectivity index (χ0n) is 14.2. The number of halogens is 1. The summed E-state index contributed by atoms with van der Waals surface area (Å²) in [4.78, 5) is 27.4. The lowest BCUT2D eigenvalue weighted by Gasteiger charge is -2.16. The van der Waals surface area contributed by atoms with Gasteiger partial charge < -0.3 is 0 Å². The highest BCUT2D eigenvalue weighted by molar-refractivity contribution is 7.89. The van der Waals surface area contributed by atoms with E-state index in [-0.39, 0.29) is 11.1 Å². The second-order valence-corrected chi connectivity index (χ2v) is 7.81. The van der Waals surface area contributed by atoms with E-state index < -0.39 is 32.6 Å². The number of nitrogens with zero attached hydrogens (tertiary/aromatic N) is 2. The van der Waals surface area contributed by atoms with Gasteiger partial charge in [0.2, 0.25) is 10.0 Å². The Morgan fingerprint density at radius 1 is 1.04 bits per heavy atom. The molecule has 0 atom stereocenters. The van der Waals surface area contributed by atoms with Crippen LogP contribution in [-0.2, 0) is 10.0 Å². The molecule has 1 aromatic heterocycles. The number of nitrogens with one attached hydrogen (secondary N) is 2. The lowest BCUT2D eigenvalue weighted by atomic mass is 10.2. The third kappa shape index (κ3) is 4.12. The summed E-state index contributed by atoms with van der Waals surface area (Å²) in [5.74, 6) is -2.30. The topological polar surface area (TPSA) is 108 Å². The molecule has 1 aliphatic heterocycles. The van der Waals surface area contributed by atoms with E-state index in [1.165, 1.54) is 22.8 Å². The van der Waals surface area contributed by atoms with E-state index >= 15 is 0 Å². The third-order valence-corrected chi connectivity index (χ3v) is 6.00. The first-order valence-electron chi connectivity index (χ1n) is 8.20. The van der Waals surface area contributed by atoms with Crippen LogP contribution in [0.3, 0.4) is 0 Å². The molecule has 2 heterocycles. The summed E-state index contributed by atoms with van der Waals surface area (Å²) in [5.41, 5.74) is 4.49. The number of aromatic nitrogens is 1. The van der Waals surface area contributed by atoms with Gasteiger partial charge in [-0.05, 0) is 43.2 Å². The maximum absolute atomic E-state index is 14.1. The standard InChI is InChI=1S/C17H17FN4O4S/c18-14-6-5-12(10-15(14)27(25,26)22-8-1-2-9-22)16(23)20-21-17(24)13-4-3-7-19-11-13/h3-7,10-11H,1-2,8-9H2,(H,20,23)(H,21,24). The van der Waals surface area contributed by atoms with Gasteiger partial charge in [0.05, 0.1) is 5.56 Å². The summed E-state index contributed by atoms with van der Waals surface area (Å²) in [6.07, 6.45) is 4.24. The van der Waals surface area contributed by atoms with E-state index in [4.69, 9.17) is 0 Å². The van der Waals surface area contributed by atoms with Gasteiger partial charge in [-0.2, -0.15) is 4.31 Å². The predicted octanol–water partition coefficient (Wildman–Crippen LogP) is 1.08. The molecule has 2 amide bonds. The molecular weight excluding hydrogens is 375 g/mol. The van der Waals surface area contributed by atoms with Crippen molar-refractivity contribution in [1.82, 2.24) is 20.1 Å². The Bertz CT molecular complexity index is 960. The molecule has 27 heavy (non-hydrogen) atoms. The zero-order chi connectivity index (χ0) is 19.4. The summed E-state index contributed by atoms with van der Waals surface area (Å²) < 4.78 is 40.4. The molecule has 1 aliphatic rings. The van der Waals surface area contributed by atoms with Crippen molar-refractivity contribution < 1.29 is 22.4 Å². The number of rotatable bonds is 4. The third-order valence-electron chi connectivity index (χ3n) is 4.09. The Morgan fingerprint density at radius 2 is 1.70 bits per heavy atom. The number of sulfonamides is 1. The molecule has 8 nitrogen and oxygen atoms in total. The van der Waals surface area contributed by atoms with Gasteiger partial charge in [0, 0.05) is 31.0 Å². The average molecular weight is 392 g/mol. The lowest BCUT2D eigenvalue weighted by Crippen LogP contribution is -2.41. The predicted molar refractivity (Wildman–Crippen MR) is 93.6 cm³/mol. The van der Waals surface area contributed by atoms with Crippen LogP contribution in [0.1, 0.15) is 33.6 Å². The van der Waals surface area contributed by atoms with Crippen LogP contribution in [0.4, 0.5) is 4.39 Å². The first-order chi connectivity index (χ1) is 12.9. The first-order valence-corrected chi connectivity index (χ1v) is 9.64. The second-order valence-electron chi connectivity index (χ2n) is 5.91. The Hall–Kier alpha value is -2.85. The van der Waals surface area contributed by atoms with Gasteiger partial charge in [0.15, 0.2) is 0 Å². The monoisotopic (exact) mass is 392 g/mol. The Morgan fingerprint density at radius 3 is 2.33 bits per heavy atom. The van der Waals surface area contributed by atoms with Crippen LogP contribution in [-0.4, -0.2) is 42.6 Å². The minimum Gasteiger partial charge on any atom is -0.267 e. The molecule has 0 radical (unpaired) electrons. The number of benzene rings is 1. The van der Waals surface area contributed by atoms with E-state index in [0.717, 1.165) is 18.2 Å². The highest BCUT2D eigenvalue weighted by Crippen LogP contribution is 2.24. The van der Waals surface area contributed by atoms with E-state index in [9.17, 15) is 22.4 Å². The Labute approximate surface area is 155 Å². The van der Waals surface area contributed by atoms with Gasteiger partial charge >= 0.3 is 0 Å². The van der Waals surface area contributed by atoms with Crippen molar-refractivity contribution in [2.45, 2.75) is 17.7 Å². The number of hydrogen-bond donors (Lipinski definition) is 2. The SMILES string of the molecule is O=C(NNC(=O)c1ccc(F)c(S(=O)(=O)N2CCCC2)c1)c1cccnc1. The maximum atomic E-state index is 14.1. The summed E-state index contributed by atoms with van der Waals surface area (Å²) in [6, 6.07) is 6.10. The molecule has 0 aliphatic carbocycles. The van der Waals surface area contributed by atoms with Gasteiger partial charge in [-0.25, -0.2) is 12.8 Å². The minimum absolute atomic E-state index is 0.0966. The summed E-state index contributed by atoms with van der Waals surface area (Å²) in [6.45, 7) is 0.638. The van der Waals surface area contributed by atoms with E-state index in [1.807, 2.05) is 0 Å². The fourth-order valence-corrected chi connectivity index (χ4v) is 4.27. The lowest BCUT2D eigenvalue weighted by molar-refractivity contribution is 0.0846.